The van der Waals surface area contributed by atoms with Gasteiger partial charge in [-0.25, -0.2) is 8.78 Å². The van der Waals surface area contributed by atoms with Crippen molar-refractivity contribution in [3.8, 4) is 11.3 Å². The van der Waals surface area contributed by atoms with E-state index >= 15 is 0 Å². The first-order valence-corrected chi connectivity index (χ1v) is 8.65. The van der Waals surface area contributed by atoms with E-state index in [4.69, 9.17) is 8.94 Å². The number of halogens is 2. The first-order chi connectivity index (χ1) is 13.4. The van der Waals surface area contributed by atoms with Crippen LogP contribution in [0.1, 0.15) is 54.1 Å². The summed E-state index contributed by atoms with van der Waals surface area (Å²) in [6, 6.07) is 4.23. The zero-order chi connectivity index (χ0) is 19.8. The molecule has 1 atom stereocenters. The van der Waals surface area contributed by atoms with Crippen LogP contribution in [-0.4, -0.2) is 32.4 Å². The number of nitrogens with one attached hydrogen (secondary N) is 1. The predicted octanol–water partition coefficient (Wildman–Crippen LogP) is 2.73. The lowest BCUT2D eigenvalue weighted by atomic mass is 9.80. The highest BCUT2D eigenvalue weighted by Gasteiger charge is 2.36. The molecule has 3 aromatic rings. The summed E-state index contributed by atoms with van der Waals surface area (Å²) in [7, 11) is 0. The monoisotopic (exact) mass is 390 g/mol. The number of amides is 1. The molecule has 1 unspecified atom stereocenters. The van der Waals surface area contributed by atoms with E-state index in [2.05, 4.69) is 20.7 Å². The Bertz CT molecular complexity index is 1010. The summed E-state index contributed by atoms with van der Waals surface area (Å²) in [5.74, 6) is -1.35. The fraction of sp³-hybridized carbons (Fsp3) is 0.333. The molecule has 28 heavy (non-hydrogen) atoms. The summed E-state index contributed by atoms with van der Waals surface area (Å²) in [6.07, 6.45) is 0.374. The van der Waals surface area contributed by atoms with Crippen LogP contribution in [0.4, 0.5) is 8.78 Å². The Morgan fingerprint density at radius 1 is 1.29 bits per heavy atom. The van der Waals surface area contributed by atoms with Gasteiger partial charge in [-0.15, -0.1) is 10.2 Å². The summed E-state index contributed by atoms with van der Waals surface area (Å²) < 4.78 is 37.2. The van der Waals surface area contributed by atoms with Crippen LogP contribution < -0.4 is 5.32 Å². The fourth-order valence-corrected chi connectivity index (χ4v) is 2.98. The molecule has 1 aliphatic carbocycles. The number of benzene rings is 1. The van der Waals surface area contributed by atoms with Gasteiger partial charge in [-0.3, -0.25) is 4.79 Å². The number of carbonyl (C=O) groups is 1. The number of hydrogen-bond donors (Lipinski definition) is 2. The Balaban J connectivity index is 1.36. The van der Waals surface area contributed by atoms with Crippen LogP contribution in [0.25, 0.3) is 11.3 Å². The molecular weight excluding hydrogens is 374 g/mol. The van der Waals surface area contributed by atoms with Crippen molar-refractivity contribution in [1.29, 1.82) is 0 Å². The van der Waals surface area contributed by atoms with Gasteiger partial charge < -0.3 is 19.4 Å². The summed E-state index contributed by atoms with van der Waals surface area (Å²) in [5.41, 5.74) is 0.0123. The van der Waals surface area contributed by atoms with Gasteiger partial charge in [-0.2, -0.15) is 0 Å². The highest BCUT2D eigenvalue weighted by atomic mass is 19.1. The molecule has 4 rings (SSSR count). The lowest BCUT2D eigenvalue weighted by molar-refractivity contribution is 0.0892. The van der Waals surface area contributed by atoms with Gasteiger partial charge in [0.2, 0.25) is 11.8 Å². The number of hydrogen-bond acceptors (Lipinski definition) is 7. The first kappa shape index (κ1) is 18.2. The third-order valence-corrected chi connectivity index (χ3v) is 4.58. The van der Waals surface area contributed by atoms with Gasteiger partial charge in [-0.05, 0) is 31.9 Å². The van der Waals surface area contributed by atoms with Crippen molar-refractivity contribution >= 4 is 5.91 Å². The Labute approximate surface area is 157 Å². The zero-order valence-electron chi connectivity index (χ0n) is 14.7. The minimum absolute atomic E-state index is 0.00337. The van der Waals surface area contributed by atoms with Crippen LogP contribution in [0.3, 0.4) is 0 Å². The Morgan fingerprint density at radius 3 is 2.75 bits per heavy atom. The molecule has 1 aliphatic rings. The second kappa shape index (κ2) is 7.12. The van der Waals surface area contributed by atoms with Crippen molar-refractivity contribution in [1.82, 2.24) is 20.7 Å². The van der Waals surface area contributed by atoms with Crippen molar-refractivity contribution in [2.45, 2.75) is 37.8 Å². The molecule has 10 heteroatoms. The van der Waals surface area contributed by atoms with Crippen LogP contribution in [-0.2, 0) is 0 Å². The molecule has 1 aromatic carbocycles. The molecule has 0 saturated heterocycles. The number of nitrogens with zero attached hydrogens (tertiary/aromatic N) is 3. The van der Waals surface area contributed by atoms with E-state index in [0.29, 0.717) is 18.7 Å². The van der Waals surface area contributed by atoms with Gasteiger partial charge in [0.1, 0.15) is 17.7 Å². The summed E-state index contributed by atoms with van der Waals surface area (Å²) >= 11 is 0. The molecule has 146 valence electrons. The molecule has 1 amide bonds. The maximum atomic E-state index is 13.8. The van der Waals surface area contributed by atoms with E-state index < -0.39 is 23.6 Å². The van der Waals surface area contributed by atoms with E-state index in [9.17, 15) is 18.7 Å². The summed E-state index contributed by atoms with van der Waals surface area (Å²) in [4.78, 5) is 12.3. The van der Waals surface area contributed by atoms with Crippen molar-refractivity contribution in [3.63, 3.8) is 0 Å². The maximum absolute atomic E-state index is 13.8. The van der Waals surface area contributed by atoms with E-state index in [0.717, 1.165) is 12.1 Å². The zero-order valence-corrected chi connectivity index (χ0v) is 14.7. The molecule has 1 fully saturated rings. The summed E-state index contributed by atoms with van der Waals surface area (Å²) in [6.45, 7) is 1.53. The molecule has 2 heterocycles. The number of rotatable bonds is 5. The third-order valence-electron chi connectivity index (χ3n) is 4.58. The minimum atomic E-state index is -0.830. The van der Waals surface area contributed by atoms with Crippen LogP contribution >= 0.6 is 0 Å². The first-order valence-electron chi connectivity index (χ1n) is 8.65. The van der Waals surface area contributed by atoms with E-state index in [1.165, 1.54) is 19.1 Å². The SMILES string of the molecule is CC(O)c1nnc(C2CC(NC(=O)c3cc(-c4ccc(F)cc4F)on3)C2)o1. The quantitative estimate of drug-likeness (QED) is 0.688. The smallest absolute Gasteiger partial charge is 0.273 e. The maximum Gasteiger partial charge on any atom is 0.273 e. The highest BCUT2D eigenvalue weighted by molar-refractivity contribution is 5.93. The summed E-state index contributed by atoms with van der Waals surface area (Å²) in [5, 5.41) is 23.5. The van der Waals surface area contributed by atoms with Crippen molar-refractivity contribution in [2.24, 2.45) is 0 Å². The van der Waals surface area contributed by atoms with E-state index in [-0.39, 0.29) is 34.9 Å². The lowest BCUT2D eigenvalue weighted by Crippen LogP contribution is -2.43. The van der Waals surface area contributed by atoms with Gasteiger partial charge in [0, 0.05) is 24.1 Å². The van der Waals surface area contributed by atoms with Crippen LogP contribution in [0.15, 0.2) is 33.2 Å². The van der Waals surface area contributed by atoms with Crippen LogP contribution in [0, 0.1) is 11.6 Å². The second-order valence-corrected chi connectivity index (χ2v) is 6.69. The number of aliphatic hydroxyl groups excluding tert-OH is 1. The highest BCUT2D eigenvalue weighted by Crippen LogP contribution is 2.36. The Morgan fingerprint density at radius 2 is 2.07 bits per heavy atom. The largest absolute Gasteiger partial charge is 0.422 e. The van der Waals surface area contributed by atoms with Gasteiger partial charge in [0.25, 0.3) is 5.91 Å². The van der Waals surface area contributed by atoms with Crippen LogP contribution in [0.5, 0.6) is 0 Å². The number of aliphatic hydroxyl groups is 1. The minimum Gasteiger partial charge on any atom is -0.422 e. The molecule has 0 spiro atoms. The molecule has 0 radical (unpaired) electrons. The van der Waals surface area contributed by atoms with Gasteiger partial charge in [-0.1, -0.05) is 5.16 Å². The van der Waals surface area contributed by atoms with Gasteiger partial charge >= 0.3 is 0 Å². The van der Waals surface area contributed by atoms with Crippen molar-refractivity contribution < 1.29 is 27.6 Å². The molecule has 0 aliphatic heterocycles. The van der Waals surface area contributed by atoms with Crippen LogP contribution in [0.2, 0.25) is 0 Å². The lowest BCUT2D eigenvalue weighted by Gasteiger charge is -2.33. The molecule has 2 N–H and O–H groups in total. The third kappa shape index (κ3) is 3.50. The molecular formula is C18H16F2N4O4. The Kier molecular flexibility index (Phi) is 4.63. The molecule has 2 aromatic heterocycles. The predicted molar refractivity (Wildman–Crippen MR) is 90.0 cm³/mol. The standard InChI is InChI=1S/C18H16F2N4O4/c1-8(25)17-22-23-18(27-17)9-4-11(5-9)21-16(26)14-7-15(28-24-14)12-3-2-10(19)6-13(12)20/h2-3,6-9,11,25H,4-5H2,1H3,(H,21,26). The molecule has 0 bridgehead atoms. The topological polar surface area (TPSA) is 114 Å². The average molecular weight is 390 g/mol. The number of carbonyl (C=O) groups excluding carboxylic acids is 1. The van der Waals surface area contributed by atoms with Crippen molar-refractivity contribution in [2.75, 3.05) is 0 Å². The van der Waals surface area contributed by atoms with E-state index in [1.54, 1.807) is 0 Å². The average Bonchev–Trinajstić information content (AvgIpc) is 3.27. The van der Waals surface area contributed by atoms with Crippen molar-refractivity contribution in [3.05, 3.63) is 53.4 Å². The molecule has 8 nitrogen and oxygen atoms in total. The fourth-order valence-electron chi connectivity index (χ4n) is 2.98. The molecule has 1 saturated carbocycles. The van der Waals surface area contributed by atoms with Gasteiger partial charge in [0.15, 0.2) is 11.5 Å². The Hall–Kier alpha value is -3.14. The second-order valence-electron chi connectivity index (χ2n) is 6.69. The normalized spacial score (nSPS) is 19.9. The number of aromatic nitrogens is 3. The van der Waals surface area contributed by atoms with Gasteiger partial charge in [0.05, 0.1) is 5.56 Å². The van der Waals surface area contributed by atoms with E-state index in [1.807, 2.05) is 0 Å².